The van der Waals surface area contributed by atoms with Gasteiger partial charge in [0.25, 0.3) is 0 Å². The van der Waals surface area contributed by atoms with Crippen LogP contribution in [0.15, 0.2) is 16.6 Å². The number of aromatic amines is 1. The van der Waals surface area contributed by atoms with E-state index in [2.05, 4.69) is 31.2 Å². The lowest BCUT2D eigenvalue weighted by Gasteiger charge is -2.01. The highest BCUT2D eigenvalue weighted by Crippen LogP contribution is 2.26. The predicted octanol–water partition coefficient (Wildman–Crippen LogP) is 2.54. The Balaban J connectivity index is 2.08. The van der Waals surface area contributed by atoms with Crippen LogP contribution in [-0.2, 0) is 0 Å². The fraction of sp³-hybridized carbons (Fsp3) is 0.364. The van der Waals surface area contributed by atoms with Crippen LogP contribution in [0.4, 0.5) is 4.39 Å². The maximum Gasteiger partial charge on any atom is 0.139 e. The lowest BCUT2D eigenvalue weighted by atomic mass is 10.1. The van der Waals surface area contributed by atoms with E-state index in [1.165, 1.54) is 6.07 Å². The van der Waals surface area contributed by atoms with E-state index in [4.69, 9.17) is 0 Å². The monoisotopic (exact) mass is 283 g/mol. The third kappa shape index (κ3) is 1.64. The SMILES string of the molecule is Fc1cc2[nH]c(C3CCNC3)nc2cc1Br. The molecule has 3 nitrogen and oxygen atoms in total. The molecule has 5 heteroatoms. The molecule has 1 aliphatic heterocycles. The molecule has 0 radical (unpaired) electrons. The summed E-state index contributed by atoms with van der Waals surface area (Å²) in [5.74, 6) is 1.12. The first-order valence-electron chi connectivity index (χ1n) is 5.29. The Kier molecular flexibility index (Phi) is 2.44. The van der Waals surface area contributed by atoms with Gasteiger partial charge in [0, 0.05) is 18.5 Å². The van der Waals surface area contributed by atoms with E-state index in [0.29, 0.717) is 10.4 Å². The highest BCUT2D eigenvalue weighted by Gasteiger charge is 2.20. The molecule has 1 saturated heterocycles. The molecular formula is C11H11BrFN3. The molecule has 0 spiro atoms. The molecule has 1 aromatic carbocycles. The Hall–Kier alpha value is -0.940. The van der Waals surface area contributed by atoms with E-state index < -0.39 is 0 Å². The summed E-state index contributed by atoms with van der Waals surface area (Å²) in [7, 11) is 0. The molecule has 2 N–H and O–H groups in total. The van der Waals surface area contributed by atoms with Gasteiger partial charge in [-0.25, -0.2) is 9.37 Å². The maximum absolute atomic E-state index is 13.3. The van der Waals surface area contributed by atoms with Gasteiger partial charge in [-0.2, -0.15) is 0 Å². The van der Waals surface area contributed by atoms with Gasteiger partial charge in [-0.3, -0.25) is 0 Å². The summed E-state index contributed by atoms with van der Waals surface area (Å²) in [5.41, 5.74) is 1.58. The largest absolute Gasteiger partial charge is 0.342 e. The number of fused-ring (bicyclic) bond motifs is 1. The summed E-state index contributed by atoms with van der Waals surface area (Å²) in [6.07, 6.45) is 1.09. The van der Waals surface area contributed by atoms with Gasteiger partial charge in [0.1, 0.15) is 11.6 Å². The topological polar surface area (TPSA) is 40.7 Å². The number of rotatable bonds is 1. The molecule has 2 aromatic rings. The second-order valence-electron chi connectivity index (χ2n) is 4.10. The molecule has 1 atom stereocenters. The first-order valence-corrected chi connectivity index (χ1v) is 6.09. The van der Waals surface area contributed by atoms with Crippen molar-refractivity contribution in [1.29, 1.82) is 0 Å². The summed E-state index contributed by atoms with van der Waals surface area (Å²) in [5, 5.41) is 3.29. The highest BCUT2D eigenvalue weighted by molar-refractivity contribution is 9.10. The normalized spacial score (nSPS) is 20.8. The lowest BCUT2D eigenvalue weighted by molar-refractivity contribution is 0.623. The van der Waals surface area contributed by atoms with Crippen LogP contribution in [0.2, 0.25) is 0 Å². The second kappa shape index (κ2) is 3.82. The van der Waals surface area contributed by atoms with E-state index in [0.717, 1.165) is 36.4 Å². The molecular weight excluding hydrogens is 273 g/mol. The molecule has 1 unspecified atom stereocenters. The second-order valence-corrected chi connectivity index (χ2v) is 4.95. The summed E-state index contributed by atoms with van der Waals surface area (Å²) in [4.78, 5) is 7.70. The zero-order valence-corrected chi connectivity index (χ0v) is 10.1. The van der Waals surface area contributed by atoms with Crippen molar-refractivity contribution in [2.75, 3.05) is 13.1 Å². The van der Waals surface area contributed by atoms with Gasteiger partial charge in [-0.05, 0) is 35.0 Å². The summed E-state index contributed by atoms with van der Waals surface area (Å²) >= 11 is 3.17. The van der Waals surface area contributed by atoms with Crippen molar-refractivity contribution in [2.24, 2.45) is 0 Å². The molecule has 2 heterocycles. The van der Waals surface area contributed by atoms with Crippen molar-refractivity contribution in [3.63, 3.8) is 0 Å². The third-order valence-corrected chi connectivity index (χ3v) is 3.60. The summed E-state index contributed by atoms with van der Waals surface area (Å²) < 4.78 is 13.8. The molecule has 1 aromatic heterocycles. The Morgan fingerprint density at radius 2 is 2.31 bits per heavy atom. The zero-order chi connectivity index (χ0) is 11.1. The molecule has 0 amide bonds. The van der Waals surface area contributed by atoms with E-state index in [1.807, 2.05) is 0 Å². The van der Waals surface area contributed by atoms with E-state index in [1.54, 1.807) is 6.07 Å². The number of benzene rings is 1. The average Bonchev–Trinajstić information content (AvgIpc) is 2.86. The summed E-state index contributed by atoms with van der Waals surface area (Å²) in [6, 6.07) is 3.20. The number of nitrogens with zero attached hydrogens (tertiary/aromatic N) is 1. The van der Waals surface area contributed by atoms with Crippen LogP contribution < -0.4 is 5.32 Å². The van der Waals surface area contributed by atoms with Gasteiger partial charge in [-0.15, -0.1) is 0 Å². The quantitative estimate of drug-likeness (QED) is 0.845. The molecule has 1 fully saturated rings. The molecule has 0 saturated carbocycles. The molecule has 16 heavy (non-hydrogen) atoms. The van der Waals surface area contributed by atoms with Crippen LogP contribution in [0.25, 0.3) is 11.0 Å². The molecule has 84 valence electrons. The minimum Gasteiger partial charge on any atom is -0.342 e. The van der Waals surface area contributed by atoms with Crippen LogP contribution in [0.1, 0.15) is 18.2 Å². The number of H-pyrrole nitrogens is 1. The van der Waals surface area contributed by atoms with Gasteiger partial charge in [0.05, 0.1) is 15.5 Å². The Morgan fingerprint density at radius 3 is 3.06 bits per heavy atom. The van der Waals surface area contributed by atoms with Gasteiger partial charge in [0.2, 0.25) is 0 Å². The average molecular weight is 284 g/mol. The lowest BCUT2D eigenvalue weighted by Crippen LogP contribution is -2.08. The minimum absolute atomic E-state index is 0.257. The van der Waals surface area contributed by atoms with E-state index in [9.17, 15) is 4.39 Å². The Labute approximate surface area is 101 Å². The van der Waals surface area contributed by atoms with Crippen molar-refractivity contribution in [3.05, 3.63) is 28.2 Å². The number of hydrogen-bond acceptors (Lipinski definition) is 2. The highest BCUT2D eigenvalue weighted by atomic mass is 79.9. The number of hydrogen-bond donors (Lipinski definition) is 2. The van der Waals surface area contributed by atoms with Crippen molar-refractivity contribution < 1.29 is 4.39 Å². The Morgan fingerprint density at radius 1 is 1.44 bits per heavy atom. The third-order valence-electron chi connectivity index (χ3n) is 2.99. The van der Waals surface area contributed by atoms with Crippen LogP contribution in [-0.4, -0.2) is 23.1 Å². The van der Waals surface area contributed by atoms with Crippen LogP contribution in [0, 0.1) is 5.82 Å². The zero-order valence-electron chi connectivity index (χ0n) is 8.56. The maximum atomic E-state index is 13.3. The van der Waals surface area contributed by atoms with Crippen molar-refractivity contribution in [3.8, 4) is 0 Å². The number of aromatic nitrogens is 2. The predicted molar refractivity (Wildman–Crippen MR) is 64.0 cm³/mol. The number of imidazole rings is 1. The smallest absolute Gasteiger partial charge is 0.139 e. The van der Waals surface area contributed by atoms with Gasteiger partial charge in [-0.1, -0.05) is 0 Å². The van der Waals surface area contributed by atoms with Crippen molar-refractivity contribution in [2.45, 2.75) is 12.3 Å². The fourth-order valence-electron chi connectivity index (χ4n) is 2.11. The minimum atomic E-state index is -0.257. The molecule has 1 aliphatic rings. The number of halogens is 2. The standard InChI is InChI=1S/C11H11BrFN3/c12-7-3-9-10(4-8(7)13)16-11(15-9)6-1-2-14-5-6/h3-4,6,14H,1-2,5H2,(H,15,16). The van der Waals surface area contributed by atoms with Crippen LogP contribution >= 0.6 is 15.9 Å². The van der Waals surface area contributed by atoms with Crippen LogP contribution in [0.5, 0.6) is 0 Å². The van der Waals surface area contributed by atoms with Gasteiger partial charge >= 0.3 is 0 Å². The first-order chi connectivity index (χ1) is 7.74. The first kappa shape index (κ1) is 10.2. The fourth-order valence-corrected chi connectivity index (χ4v) is 2.44. The molecule has 0 bridgehead atoms. The van der Waals surface area contributed by atoms with Crippen LogP contribution in [0.3, 0.4) is 0 Å². The van der Waals surface area contributed by atoms with Crippen molar-refractivity contribution >= 4 is 27.0 Å². The van der Waals surface area contributed by atoms with Gasteiger partial charge < -0.3 is 10.3 Å². The Bertz CT molecular complexity index is 492. The molecule has 3 rings (SSSR count). The van der Waals surface area contributed by atoms with E-state index >= 15 is 0 Å². The van der Waals surface area contributed by atoms with Gasteiger partial charge in [0.15, 0.2) is 0 Å². The molecule has 0 aliphatic carbocycles. The summed E-state index contributed by atoms with van der Waals surface area (Å²) in [6.45, 7) is 1.98. The van der Waals surface area contributed by atoms with E-state index in [-0.39, 0.29) is 5.82 Å². The number of nitrogens with one attached hydrogen (secondary N) is 2. The van der Waals surface area contributed by atoms with Crippen molar-refractivity contribution in [1.82, 2.24) is 15.3 Å².